The van der Waals surface area contributed by atoms with Crippen LogP contribution in [0.5, 0.6) is 0 Å². The zero-order valence-electron chi connectivity index (χ0n) is 12.5. The van der Waals surface area contributed by atoms with Crippen molar-refractivity contribution < 1.29 is 4.79 Å². The quantitative estimate of drug-likeness (QED) is 0.847. The summed E-state index contributed by atoms with van der Waals surface area (Å²) in [6.45, 7) is 0.458. The molecule has 1 aromatic heterocycles. The summed E-state index contributed by atoms with van der Waals surface area (Å²) < 4.78 is 0. The molecule has 0 saturated heterocycles. The molecule has 1 spiro atoms. The molecule has 0 fully saturated rings. The van der Waals surface area contributed by atoms with Gasteiger partial charge in [-0.1, -0.05) is 12.1 Å². The van der Waals surface area contributed by atoms with Crippen LogP contribution >= 0.6 is 0 Å². The van der Waals surface area contributed by atoms with Crippen LogP contribution in [0.15, 0.2) is 35.6 Å². The number of hydrogen-bond donors (Lipinski definition) is 2. The van der Waals surface area contributed by atoms with Crippen molar-refractivity contribution in [1.29, 1.82) is 0 Å². The minimum atomic E-state index is -0.618. The molecule has 2 aliphatic rings. The number of aromatic nitrogens is 1. The molecule has 6 heteroatoms. The van der Waals surface area contributed by atoms with Crippen molar-refractivity contribution in [1.82, 2.24) is 4.98 Å². The number of amides is 1. The minimum Gasteiger partial charge on any atom is -0.330 e. The lowest BCUT2D eigenvalue weighted by molar-refractivity contribution is -0.120. The average Bonchev–Trinajstić information content (AvgIpc) is 3.06. The topological polar surface area (TPSA) is 97.4 Å². The summed E-state index contributed by atoms with van der Waals surface area (Å²) >= 11 is 0. The number of nitroso groups, excluding NO2 is 1. The predicted molar refractivity (Wildman–Crippen MR) is 86.6 cm³/mol. The summed E-state index contributed by atoms with van der Waals surface area (Å²) in [5.41, 5.74) is 9.30. The van der Waals surface area contributed by atoms with Crippen molar-refractivity contribution in [3.8, 4) is 0 Å². The highest BCUT2D eigenvalue weighted by Crippen LogP contribution is 2.47. The molecule has 1 aliphatic carbocycles. The fraction of sp³-hybridized carbons (Fsp3) is 0.294. The molecule has 4 rings (SSSR count). The van der Waals surface area contributed by atoms with Crippen molar-refractivity contribution in [3.05, 3.63) is 57.6 Å². The van der Waals surface area contributed by atoms with E-state index in [-0.39, 0.29) is 5.91 Å². The Morgan fingerprint density at radius 1 is 1.30 bits per heavy atom. The Morgan fingerprint density at radius 2 is 2.09 bits per heavy atom. The van der Waals surface area contributed by atoms with E-state index in [9.17, 15) is 9.70 Å². The van der Waals surface area contributed by atoms with Crippen LogP contribution in [0.2, 0.25) is 0 Å². The summed E-state index contributed by atoms with van der Waals surface area (Å²) in [7, 11) is 0. The molecule has 23 heavy (non-hydrogen) atoms. The van der Waals surface area contributed by atoms with Gasteiger partial charge in [0.25, 0.3) is 0 Å². The SMILES string of the molecule is NCCc1cc2c(cc1N=O)CC1(C2)C(=O)Nc2ncccc21. The van der Waals surface area contributed by atoms with Gasteiger partial charge in [-0.05, 0) is 59.8 Å². The van der Waals surface area contributed by atoms with E-state index in [0.717, 1.165) is 22.3 Å². The van der Waals surface area contributed by atoms with Crippen LogP contribution < -0.4 is 11.1 Å². The van der Waals surface area contributed by atoms with Gasteiger partial charge >= 0.3 is 0 Å². The fourth-order valence-corrected chi connectivity index (χ4v) is 3.80. The molecule has 0 saturated carbocycles. The van der Waals surface area contributed by atoms with Crippen LogP contribution in [-0.4, -0.2) is 17.4 Å². The molecule has 6 nitrogen and oxygen atoms in total. The number of carbonyl (C=O) groups is 1. The van der Waals surface area contributed by atoms with Crippen molar-refractivity contribution in [2.75, 3.05) is 11.9 Å². The van der Waals surface area contributed by atoms with Gasteiger partial charge in [0.15, 0.2) is 0 Å². The third-order valence-corrected chi connectivity index (χ3v) is 4.89. The van der Waals surface area contributed by atoms with Crippen molar-refractivity contribution in [2.45, 2.75) is 24.7 Å². The van der Waals surface area contributed by atoms with Crippen LogP contribution in [0, 0.1) is 4.91 Å². The van der Waals surface area contributed by atoms with Crippen LogP contribution in [0.25, 0.3) is 0 Å². The number of fused-ring (bicyclic) bond motifs is 3. The number of carbonyl (C=O) groups excluding carboxylic acids is 1. The number of hydrogen-bond acceptors (Lipinski definition) is 5. The van der Waals surface area contributed by atoms with Gasteiger partial charge in [-0.25, -0.2) is 4.98 Å². The molecule has 2 heterocycles. The van der Waals surface area contributed by atoms with E-state index < -0.39 is 5.41 Å². The van der Waals surface area contributed by atoms with E-state index in [1.165, 1.54) is 0 Å². The third kappa shape index (κ3) is 1.91. The van der Waals surface area contributed by atoms with E-state index in [1.807, 2.05) is 24.3 Å². The zero-order valence-corrected chi connectivity index (χ0v) is 12.5. The number of benzene rings is 1. The number of nitrogens with one attached hydrogen (secondary N) is 1. The maximum atomic E-state index is 12.6. The van der Waals surface area contributed by atoms with Gasteiger partial charge in [0.2, 0.25) is 5.91 Å². The Hall–Kier alpha value is -2.60. The molecular formula is C17H16N4O2. The Morgan fingerprint density at radius 3 is 2.83 bits per heavy atom. The standard InChI is InChI=1S/C17H16N4O2/c18-4-3-10-6-11-8-17(9-12(11)7-14(10)21-23)13-2-1-5-19-15(13)20-16(17)22/h1-2,5-7H,3-4,8-9,18H2,(H,19,20,22). The van der Waals surface area contributed by atoms with E-state index in [2.05, 4.69) is 15.5 Å². The second-order valence-electron chi connectivity index (χ2n) is 6.17. The summed E-state index contributed by atoms with van der Waals surface area (Å²) in [4.78, 5) is 28.0. The van der Waals surface area contributed by atoms with Crippen molar-refractivity contribution >= 4 is 17.4 Å². The molecular weight excluding hydrogens is 292 g/mol. The van der Waals surface area contributed by atoms with Gasteiger partial charge in [0, 0.05) is 11.8 Å². The zero-order chi connectivity index (χ0) is 16.0. The van der Waals surface area contributed by atoms with Crippen LogP contribution in [0.1, 0.15) is 22.3 Å². The highest BCUT2D eigenvalue weighted by Gasteiger charge is 2.51. The highest BCUT2D eigenvalue weighted by molar-refractivity contribution is 6.06. The number of pyridine rings is 1. The Kier molecular flexibility index (Phi) is 3.02. The van der Waals surface area contributed by atoms with Crippen molar-refractivity contribution in [3.63, 3.8) is 0 Å². The maximum absolute atomic E-state index is 12.6. The minimum absolute atomic E-state index is 0.0246. The summed E-state index contributed by atoms with van der Waals surface area (Å²) in [5, 5.41) is 6.00. The molecule has 0 radical (unpaired) electrons. The van der Waals surface area contributed by atoms with Gasteiger partial charge in [0.05, 0.1) is 5.41 Å². The first kappa shape index (κ1) is 14.0. The molecule has 1 atom stereocenters. The first-order chi connectivity index (χ1) is 11.2. The van der Waals surface area contributed by atoms with Gasteiger partial charge < -0.3 is 11.1 Å². The molecule has 116 valence electrons. The van der Waals surface area contributed by atoms with Gasteiger partial charge in [-0.15, -0.1) is 4.91 Å². The molecule has 0 bridgehead atoms. The monoisotopic (exact) mass is 308 g/mol. The van der Waals surface area contributed by atoms with E-state index in [4.69, 9.17) is 5.73 Å². The van der Waals surface area contributed by atoms with Gasteiger partial charge in [-0.3, -0.25) is 4.79 Å². The van der Waals surface area contributed by atoms with Crippen molar-refractivity contribution in [2.24, 2.45) is 10.9 Å². The molecule has 1 unspecified atom stereocenters. The summed E-state index contributed by atoms with van der Waals surface area (Å²) in [5.74, 6) is 0.615. The fourth-order valence-electron chi connectivity index (χ4n) is 3.80. The largest absolute Gasteiger partial charge is 0.330 e. The molecule has 1 aromatic carbocycles. The second-order valence-corrected chi connectivity index (χ2v) is 6.17. The maximum Gasteiger partial charge on any atom is 0.237 e. The predicted octanol–water partition coefficient (Wildman–Crippen LogP) is 1.97. The third-order valence-electron chi connectivity index (χ3n) is 4.89. The van der Waals surface area contributed by atoms with Crippen LogP contribution in [0.3, 0.4) is 0 Å². The smallest absolute Gasteiger partial charge is 0.237 e. The first-order valence-corrected chi connectivity index (χ1v) is 7.63. The van der Waals surface area contributed by atoms with E-state index in [1.54, 1.807) is 6.20 Å². The number of rotatable bonds is 3. The average molecular weight is 308 g/mol. The first-order valence-electron chi connectivity index (χ1n) is 7.63. The molecule has 1 aliphatic heterocycles. The Labute approximate surface area is 133 Å². The highest BCUT2D eigenvalue weighted by atomic mass is 16.3. The number of anilines is 1. The summed E-state index contributed by atoms with van der Waals surface area (Å²) in [6.07, 6.45) is 3.46. The van der Waals surface area contributed by atoms with Gasteiger partial charge in [0.1, 0.15) is 11.5 Å². The molecule has 3 N–H and O–H groups in total. The number of nitrogens with two attached hydrogens (primary N) is 1. The Bertz CT molecular complexity index is 833. The Balaban J connectivity index is 1.81. The lowest BCUT2D eigenvalue weighted by atomic mass is 9.79. The molecule has 1 amide bonds. The lowest BCUT2D eigenvalue weighted by Crippen LogP contribution is -2.35. The summed E-state index contributed by atoms with van der Waals surface area (Å²) in [6, 6.07) is 7.59. The van der Waals surface area contributed by atoms with Crippen LogP contribution in [-0.2, 0) is 29.5 Å². The van der Waals surface area contributed by atoms with Crippen LogP contribution in [0.4, 0.5) is 11.5 Å². The number of nitrogens with zero attached hydrogens (tertiary/aromatic N) is 2. The van der Waals surface area contributed by atoms with E-state index in [0.29, 0.717) is 37.3 Å². The second kappa shape index (κ2) is 4.96. The normalized spacial score (nSPS) is 21.2. The molecule has 2 aromatic rings. The van der Waals surface area contributed by atoms with Gasteiger partial charge in [-0.2, -0.15) is 0 Å². The lowest BCUT2D eigenvalue weighted by Gasteiger charge is -2.20. The van der Waals surface area contributed by atoms with E-state index >= 15 is 0 Å².